The van der Waals surface area contributed by atoms with E-state index in [9.17, 15) is 4.79 Å². The molecule has 2 unspecified atom stereocenters. The molecule has 0 saturated carbocycles. The van der Waals surface area contributed by atoms with Gasteiger partial charge in [0.25, 0.3) is 0 Å². The molecule has 3 rings (SSSR count). The smallest absolute Gasteiger partial charge is 0.225 e. The summed E-state index contributed by atoms with van der Waals surface area (Å²) in [7, 11) is 0. The zero-order valence-corrected chi connectivity index (χ0v) is 11.8. The maximum atomic E-state index is 11.4. The summed E-state index contributed by atoms with van der Waals surface area (Å²) in [4.78, 5) is 22.7. The Kier molecular flexibility index (Phi) is 3.56. The van der Waals surface area contributed by atoms with E-state index in [1.807, 2.05) is 13.0 Å². The summed E-state index contributed by atoms with van der Waals surface area (Å²) in [6.07, 6.45) is 2.56. The minimum Gasteiger partial charge on any atom is -0.353 e. The fraction of sp³-hybridized carbons (Fsp3) is 0.643. The van der Waals surface area contributed by atoms with Crippen LogP contribution in [0.2, 0.25) is 0 Å². The number of amides is 1. The van der Waals surface area contributed by atoms with E-state index in [1.54, 1.807) is 0 Å². The third-order valence-corrected chi connectivity index (χ3v) is 4.21. The molecular formula is C14H21N5O. The number of nitrogens with two attached hydrogens (primary N) is 1. The van der Waals surface area contributed by atoms with Crippen molar-refractivity contribution in [1.82, 2.24) is 15.3 Å². The van der Waals surface area contributed by atoms with E-state index in [4.69, 9.17) is 5.73 Å². The number of rotatable bonds is 2. The summed E-state index contributed by atoms with van der Waals surface area (Å²) in [6, 6.07) is 2.25. The lowest BCUT2D eigenvalue weighted by atomic mass is 9.85. The van der Waals surface area contributed by atoms with Crippen molar-refractivity contribution in [2.24, 2.45) is 11.7 Å². The average molecular weight is 275 g/mol. The normalized spacial score (nSPS) is 26.1. The SMILES string of the molecule is Cc1cc(CN)nc(N2CCC3NC(=O)CCC3C2)n1. The highest BCUT2D eigenvalue weighted by Gasteiger charge is 2.34. The molecule has 2 atom stereocenters. The van der Waals surface area contributed by atoms with Gasteiger partial charge in [0.1, 0.15) is 0 Å². The number of nitrogens with one attached hydrogen (secondary N) is 1. The molecule has 2 fully saturated rings. The highest BCUT2D eigenvalue weighted by molar-refractivity contribution is 5.77. The molecule has 6 heteroatoms. The Labute approximate surface area is 118 Å². The van der Waals surface area contributed by atoms with E-state index in [-0.39, 0.29) is 5.91 Å². The van der Waals surface area contributed by atoms with Crippen molar-refractivity contribution in [3.63, 3.8) is 0 Å². The van der Waals surface area contributed by atoms with Crippen LogP contribution in [0.3, 0.4) is 0 Å². The Hall–Kier alpha value is -1.69. The molecule has 1 aromatic rings. The summed E-state index contributed by atoms with van der Waals surface area (Å²) in [5, 5.41) is 3.10. The zero-order valence-electron chi connectivity index (χ0n) is 11.8. The van der Waals surface area contributed by atoms with Gasteiger partial charge in [-0.15, -0.1) is 0 Å². The molecule has 0 spiro atoms. The monoisotopic (exact) mass is 275 g/mol. The number of hydrogen-bond acceptors (Lipinski definition) is 5. The number of anilines is 1. The van der Waals surface area contributed by atoms with Crippen molar-refractivity contribution in [3.8, 4) is 0 Å². The lowest BCUT2D eigenvalue weighted by molar-refractivity contribution is -0.124. The van der Waals surface area contributed by atoms with Crippen LogP contribution in [-0.2, 0) is 11.3 Å². The van der Waals surface area contributed by atoms with Crippen molar-refractivity contribution in [2.45, 2.75) is 38.8 Å². The van der Waals surface area contributed by atoms with Crippen LogP contribution in [0.4, 0.5) is 5.95 Å². The number of aromatic nitrogens is 2. The van der Waals surface area contributed by atoms with Crippen molar-refractivity contribution in [2.75, 3.05) is 18.0 Å². The second-order valence-electron chi connectivity index (χ2n) is 5.71. The fourth-order valence-corrected chi connectivity index (χ4v) is 3.15. The summed E-state index contributed by atoms with van der Waals surface area (Å²) in [5.41, 5.74) is 7.52. The minimum absolute atomic E-state index is 0.192. The second-order valence-corrected chi connectivity index (χ2v) is 5.71. The van der Waals surface area contributed by atoms with E-state index in [2.05, 4.69) is 20.2 Å². The number of carbonyl (C=O) groups excluding carboxylic acids is 1. The zero-order chi connectivity index (χ0) is 14.1. The molecule has 1 amide bonds. The third kappa shape index (κ3) is 2.60. The molecule has 2 aliphatic rings. The molecule has 0 radical (unpaired) electrons. The van der Waals surface area contributed by atoms with Gasteiger partial charge < -0.3 is 16.0 Å². The molecule has 6 nitrogen and oxygen atoms in total. The number of aryl methyl sites for hydroxylation is 1. The van der Waals surface area contributed by atoms with Crippen LogP contribution in [0.25, 0.3) is 0 Å². The van der Waals surface area contributed by atoms with Crippen LogP contribution < -0.4 is 16.0 Å². The topological polar surface area (TPSA) is 84.1 Å². The van der Waals surface area contributed by atoms with Gasteiger partial charge in [0.05, 0.1) is 5.69 Å². The number of hydrogen-bond donors (Lipinski definition) is 2. The molecule has 2 aliphatic heterocycles. The van der Waals surface area contributed by atoms with Crippen LogP contribution in [0.15, 0.2) is 6.07 Å². The lowest BCUT2D eigenvalue weighted by Crippen LogP contribution is -2.54. The maximum absolute atomic E-state index is 11.4. The Bertz CT molecular complexity index is 518. The number of fused-ring (bicyclic) bond motifs is 1. The van der Waals surface area contributed by atoms with E-state index in [1.165, 1.54) is 0 Å². The summed E-state index contributed by atoms with van der Waals surface area (Å²) in [6.45, 7) is 4.21. The van der Waals surface area contributed by atoms with Crippen molar-refractivity contribution in [1.29, 1.82) is 0 Å². The van der Waals surface area contributed by atoms with Gasteiger partial charge in [-0.05, 0) is 31.7 Å². The Morgan fingerprint density at radius 3 is 3.10 bits per heavy atom. The van der Waals surface area contributed by atoms with Crippen molar-refractivity contribution in [3.05, 3.63) is 17.5 Å². The molecule has 0 aliphatic carbocycles. The van der Waals surface area contributed by atoms with Gasteiger partial charge in [-0.2, -0.15) is 0 Å². The van der Waals surface area contributed by atoms with Gasteiger partial charge in [-0.25, -0.2) is 9.97 Å². The molecule has 20 heavy (non-hydrogen) atoms. The molecule has 0 aromatic carbocycles. The lowest BCUT2D eigenvalue weighted by Gasteiger charge is -2.41. The Balaban J connectivity index is 1.76. The van der Waals surface area contributed by atoms with Gasteiger partial charge in [0, 0.05) is 37.8 Å². The largest absolute Gasteiger partial charge is 0.353 e. The first-order valence-corrected chi connectivity index (χ1v) is 7.24. The second kappa shape index (κ2) is 5.36. The highest BCUT2D eigenvalue weighted by atomic mass is 16.1. The minimum atomic E-state index is 0.192. The first-order chi connectivity index (χ1) is 9.65. The molecule has 1 aromatic heterocycles. The number of piperidine rings is 2. The molecule has 3 N–H and O–H groups in total. The number of carbonyl (C=O) groups is 1. The molecule has 3 heterocycles. The number of nitrogens with zero attached hydrogens (tertiary/aromatic N) is 3. The Morgan fingerprint density at radius 1 is 1.45 bits per heavy atom. The first kappa shape index (κ1) is 13.3. The van der Waals surface area contributed by atoms with Gasteiger partial charge in [0.15, 0.2) is 0 Å². The van der Waals surface area contributed by atoms with Crippen LogP contribution >= 0.6 is 0 Å². The van der Waals surface area contributed by atoms with Gasteiger partial charge >= 0.3 is 0 Å². The molecule has 108 valence electrons. The first-order valence-electron chi connectivity index (χ1n) is 7.24. The highest BCUT2D eigenvalue weighted by Crippen LogP contribution is 2.27. The van der Waals surface area contributed by atoms with E-state index >= 15 is 0 Å². The standard InChI is InChI=1S/C14H21N5O/c1-9-6-11(7-15)17-14(16-9)19-5-4-12-10(8-19)2-3-13(20)18-12/h6,10,12H,2-5,7-8,15H2,1H3,(H,18,20). The summed E-state index contributed by atoms with van der Waals surface area (Å²) < 4.78 is 0. The van der Waals surface area contributed by atoms with E-state index < -0.39 is 0 Å². The third-order valence-electron chi connectivity index (χ3n) is 4.21. The quantitative estimate of drug-likeness (QED) is 0.813. The van der Waals surface area contributed by atoms with Gasteiger partial charge in [-0.3, -0.25) is 4.79 Å². The van der Waals surface area contributed by atoms with Crippen LogP contribution in [0.5, 0.6) is 0 Å². The van der Waals surface area contributed by atoms with Gasteiger partial charge in [0.2, 0.25) is 11.9 Å². The molecule has 2 saturated heterocycles. The maximum Gasteiger partial charge on any atom is 0.225 e. The summed E-state index contributed by atoms with van der Waals surface area (Å²) in [5.74, 6) is 1.48. The molecular weight excluding hydrogens is 254 g/mol. The predicted molar refractivity (Wildman–Crippen MR) is 76.1 cm³/mol. The van der Waals surface area contributed by atoms with Crippen molar-refractivity contribution < 1.29 is 4.79 Å². The van der Waals surface area contributed by atoms with Crippen LogP contribution in [0, 0.1) is 12.8 Å². The van der Waals surface area contributed by atoms with E-state index in [0.29, 0.717) is 24.9 Å². The fourth-order valence-electron chi connectivity index (χ4n) is 3.15. The predicted octanol–water partition coefficient (Wildman–Crippen LogP) is 0.349. The van der Waals surface area contributed by atoms with E-state index in [0.717, 1.165) is 43.3 Å². The van der Waals surface area contributed by atoms with Crippen LogP contribution in [0.1, 0.15) is 30.7 Å². The Morgan fingerprint density at radius 2 is 2.30 bits per heavy atom. The van der Waals surface area contributed by atoms with Gasteiger partial charge in [-0.1, -0.05) is 0 Å². The summed E-state index contributed by atoms with van der Waals surface area (Å²) >= 11 is 0. The average Bonchev–Trinajstić information content (AvgIpc) is 2.46. The van der Waals surface area contributed by atoms with Crippen molar-refractivity contribution >= 4 is 11.9 Å². The molecule has 0 bridgehead atoms. The van der Waals surface area contributed by atoms with Crippen LogP contribution in [-0.4, -0.2) is 35.0 Å².